The Kier molecular flexibility index (Phi) is 6.60. The van der Waals surface area contributed by atoms with E-state index in [0.29, 0.717) is 17.6 Å². The Balaban J connectivity index is 1.68. The van der Waals surface area contributed by atoms with Crippen molar-refractivity contribution < 1.29 is 9.53 Å². The monoisotopic (exact) mass is 389 g/mol. The highest BCUT2D eigenvalue weighted by Crippen LogP contribution is 2.27. The summed E-state index contributed by atoms with van der Waals surface area (Å²) in [5.74, 6) is 7.71. The summed E-state index contributed by atoms with van der Waals surface area (Å²) in [6.45, 7) is 6.16. The highest BCUT2D eigenvalue weighted by atomic mass is 32.2. The van der Waals surface area contributed by atoms with Crippen molar-refractivity contribution >= 4 is 17.7 Å². The molecule has 1 aliphatic heterocycles. The second kappa shape index (κ2) is 9.12. The summed E-state index contributed by atoms with van der Waals surface area (Å²) in [4.78, 5) is 14.7. The average molecular weight is 390 g/mol. The summed E-state index contributed by atoms with van der Waals surface area (Å²) in [6, 6.07) is 7.56. The highest BCUT2D eigenvalue weighted by Gasteiger charge is 2.24. The van der Waals surface area contributed by atoms with Crippen LogP contribution < -0.4 is 10.6 Å². The SMILES string of the molecule is CCOc1ccc(-c2nnc(S[C@@H](C)C(=O)N3CCCCCC3)n2N)cc1. The molecule has 1 saturated heterocycles. The molecule has 0 saturated carbocycles. The first-order chi connectivity index (χ1) is 13.1. The number of nitrogens with two attached hydrogens (primary N) is 1. The number of nitrogens with zero attached hydrogens (tertiary/aromatic N) is 4. The fourth-order valence-electron chi connectivity index (χ4n) is 3.18. The zero-order chi connectivity index (χ0) is 19.2. The third-order valence-electron chi connectivity index (χ3n) is 4.64. The minimum Gasteiger partial charge on any atom is -0.494 e. The van der Waals surface area contributed by atoms with E-state index < -0.39 is 0 Å². The van der Waals surface area contributed by atoms with E-state index in [2.05, 4.69) is 10.2 Å². The molecular formula is C19H27N5O2S. The molecule has 2 heterocycles. The molecule has 3 rings (SSSR count). The van der Waals surface area contributed by atoms with Crippen LogP contribution in [0.15, 0.2) is 29.4 Å². The van der Waals surface area contributed by atoms with Crippen LogP contribution in [0.5, 0.6) is 5.75 Å². The third kappa shape index (κ3) is 4.74. The van der Waals surface area contributed by atoms with Crippen LogP contribution in [0.4, 0.5) is 0 Å². The van der Waals surface area contributed by atoms with Crippen LogP contribution in [0.2, 0.25) is 0 Å². The van der Waals surface area contributed by atoms with Gasteiger partial charge in [-0.15, -0.1) is 10.2 Å². The molecule has 1 aliphatic rings. The van der Waals surface area contributed by atoms with Crippen LogP contribution in [0.25, 0.3) is 11.4 Å². The Hall–Kier alpha value is -2.22. The number of rotatable bonds is 6. The number of hydrogen-bond donors (Lipinski definition) is 1. The summed E-state index contributed by atoms with van der Waals surface area (Å²) in [5, 5.41) is 8.68. The first-order valence-corrected chi connectivity index (χ1v) is 10.4. The molecule has 0 unspecified atom stereocenters. The van der Waals surface area contributed by atoms with Gasteiger partial charge < -0.3 is 15.5 Å². The Labute approximate surface area is 164 Å². The summed E-state index contributed by atoms with van der Waals surface area (Å²) in [7, 11) is 0. The van der Waals surface area contributed by atoms with Gasteiger partial charge in [-0.2, -0.15) is 0 Å². The topological polar surface area (TPSA) is 86.3 Å². The van der Waals surface area contributed by atoms with Crippen molar-refractivity contribution in [2.24, 2.45) is 0 Å². The van der Waals surface area contributed by atoms with Gasteiger partial charge in [-0.25, -0.2) is 4.68 Å². The van der Waals surface area contributed by atoms with Gasteiger partial charge in [0.1, 0.15) is 5.75 Å². The van der Waals surface area contributed by atoms with Crippen LogP contribution in [0.1, 0.15) is 39.5 Å². The zero-order valence-corrected chi connectivity index (χ0v) is 16.7. The smallest absolute Gasteiger partial charge is 0.235 e. The molecule has 8 heteroatoms. The van der Waals surface area contributed by atoms with E-state index in [1.807, 2.05) is 43.0 Å². The van der Waals surface area contributed by atoms with E-state index in [1.165, 1.54) is 29.3 Å². The van der Waals surface area contributed by atoms with Crippen LogP contribution in [-0.2, 0) is 4.79 Å². The predicted molar refractivity (Wildman–Crippen MR) is 107 cm³/mol. The van der Waals surface area contributed by atoms with Crippen LogP contribution in [0.3, 0.4) is 0 Å². The molecule has 7 nitrogen and oxygen atoms in total. The standard InChI is InChI=1S/C19H27N5O2S/c1-3-26-16-10-8-15(9-11-16)17-21-22-19(24(17)20)27-14(2)18(25)23-12-6-4-5-7-13-23/h8-11,14H,3-7,12-13,20H2,1-2H3/t14-/m0/s1. The zero-order valence-electron chi connectivity index (χ0n) is 15.9. The molecule has 146 valence electrons. The molecule has 27 heavy (non-hydrogen) atoms. The largest absolute Gasteiger partial charge is 0.494 e. The number of likely N-dealkylation sites (tertiary alicyclic amines) is 1. The molecule has 0 radical (unpaired) electrons. The summed E-state index contributed by atoms with van der Waals surface area (Å²) in [6.07, 6.45) is 4.57. The number of carbonyl (C=O) groups excluding carboxylic acids is 1. The lowest BCUT2D eigenvalue weighted by Gasteiger charge is -2.23. The van der Waals surface area contributed by atoms with E-state index in [9.17, 15) is 4.79 Å². The number of ether oxygens (including phenoxy) is 1. The normalized spacial score (nSPS) is 16.0. The van der Waals surface area contributed by atoms with Crippen molar-refractivity contribution in [3.63, 3.8) is 0 Å². The van der Waals surface area contributed by atoms with Crippen molar-refractivity contribution in [1.29, 1.82) is 0 Å². The molecule has 0 bridgehead atoms. The van der Waals surface area contributed by atoms with Gasteiger partial charge in [0.2, 0.25) is 11.1 Å². The number of amides is 1. The van der Waals surface area contributed by atoms with E-state index in [1.54, 1.807) is 0 Å². The highest BCUT2D eigenvalue weighted by molar-refractivity contribution is 8.00. The molecule has 2 aromatic rings. The minimum atomic E-state index is -0.247. The molecule has 1 aromatic heterocycles. The van der Waals surface area contributed by atoms with Crippen molar-refractivity contribution in [3.8, 4) is 17.1 Å². The maximum Gasteiger partial charge on any atom is 0.235 e. The minimum absolute atomic E-state index is 0.146. The molecule has 0 spiro atoms. The number of benzene rings is 1. The van der Waals surface area contributed by atoms with Crippen LogP contribution in [0, 0.1) is 0 Å². The van der Waals surface area contributed by atoms with E-state index >= 15 is 0 Å². The van der Waals surface area contributed by atoms with Crippen molar-refractivity contribution in [3.05, 3.63) is 24.3 Å². The summed E-state index contributed by atoms with van der Waals surface area (Å²) in [5.41, 5.74) is 0.854. The van der Waals surface area contributed by atoms with Gasteiger partial charge in [0.05, 0.1) is 11.9 Å². The quantitative estimate of drug-likeness (QED) is 0.604. The summed E-state index contributed by atoms with van der Waals surface area (Å²) >= 11 is 1.35. The average Bonchev–Trinajstić information content (AvgIpc) is 2.88. The molecule has 1 fully saturated rings. The van der Waals surface area contributed by atoms with E-state index in [-0.39, 0.29) is 11.2 Å². The second-order valence-corrected chi connectivity index (χ2v) is 7.94. The third-order valence-corrected chi connectivity index (χ3v) is 5.68. The number of carbonyl (C=O) groups is 1. The van der Waals surface area contributed by atoms with E-state index in [0.717, 1.165) is 37.2 Å². The van der Waals surface area contributed by atoms with Gasteiger partial charge >= 0.3 is 0 Å². The molecule has 1 amide bonds. The molecule has 2 N–H and O–H groups in total. The molecular weight excluding hydrogens is 362 g/mol. The maximum absolute atomic E-state index is 12.7. The number of aromatic nitrogens is 3. The number of hydrogen-bond acceptors (Lipinski definition) is 6. The number of nitrogen functional groups attached to an aromatic ring is 1. The fourth-order valence-corrected chi connectivity index (χ4v) is 4.03. The Morgan fingerprint density at radius 1 is 1.19 bits per heavy atom. The number of thioether (sulfide) groups is 1. The van der Waals surface area contributed by atoms with Gasteiger partial charge in [-0.3, -0.25) is 4.79 Å². The van der Waals surface area contributed by atoms with Gasteiger partial charge in [0, 0.05) is 18.7 Å². The Bertz CT molecular complexity index is 754. The van der Waals surface area contributed by atoms with Crippen molar-refractivity contribution in [2.75, 3.05) is 25.5 Å². The molecule has 1 atom stereocenters. The van der Waals surface area contributed by atoms with E-state index in [4.69, 9.17) is 10.6 Å². The van der Waals surface area contributed by atoms with Crippen LogP contribution in [-0.4, -0.2) is 50.6 Å². The maximum atomic E-state index is 12.7. The fraction of sp³-hybridized carbons (Fsp3) is 0.526. The van der Waals surface area contributed by atoms with Crippen LogP contribution >= 0.6 is 11.8 Å². The lowest BCUT2D eigenvalue weighted by molar-refractivity contribution is -0.130. The van der Waals surface area contributed by atoms with Crippen molar-refractivity contribution in [2.45, 2.75) is 49.9 Å². The van der Waals surface area contributed by atoms with Gasteiger partial charge in [0.15, 0.2) is 5.82 Å². The summed E-state index contributed by atoms with van der Waals surface area (Å²) < 4.78 is 6.91. The molecule has 0 aliphatic carbocycles. The Morgan fingerprint density at radius 3 is 2.48 bits per heavy atom. The first kappa shape index (κ1) is 19.5. The lowest BCUT2D eigenvalue weighted by Crippen LogP contribution is -2.37. The van der Waals surface area contributed by atoms with Gasteiger partial charge in [0.25, 0.3) is 0 Å². The predicted octanol–water partition coefficient (Wildman–Crippen LogP) is 2.94. The van der Waals surface area contributed by atoms with Gasteiger partial charge in [-0.1, -0.05) is 24.6 Å². The second-order valence-electron chi connectivity index (χ2n) is 6.63. The molecule has 1 aromatic carbocycles. The Morgan fingerprint density at radius 2 is 1.85 bits per heavy atom. The van der Waals surface area contributed by atoms with Crippen molar-refractivity contribution in [1.82, 2.24) is 19.8 Å². The van der Waals surface area contributed by atoms with Gasteiger partial charge in [-0.05, 0) is 51.0 Å². The lowest BCUT2D eigenvalue weighted by atomic mass is 10.2. The first-order valence-electron chi connectivity index (χ1n) is 9.49.